The van der Waals surface area contributed by atoms with Gasteiger partial charge in [-0.25, -0.2) is 0 Å². The Morgan fingerprint density at radius 1 is 1.04 bits per heavy atom. The lowest BCUT2D eigenvalue weighted by Crippen LogP contribution is -2.47. The Labute approximate surface area is 171 Å². The zero-order chi connectivity index (χ0) is 15.5. The van der Waals surface area contributed by atoms with Gasteiger partial charge < -0.3 is 10.1 Å². The monoisotopic (exact) mass is 434 g/mol. The van der Waals surface area contributed by atoms with E-state index in [-0.39, 0.29) is 30.9 Å². The molecule has 0 bridgehead atoms. The first-order chi connectivity index (χ1) is 10.7. The number of nitrogens with one attached hydrogen (secondary N) is 1. The van der Waals surface area contributed by atoms with E-state index < -0.39 is 0 Å². The van der Waals surface area contributed by atoms with Crippen LogP contribution < -0.4 is 5.32 Å². The average Bonchev–Trinajstić information content (AvgIpc) is 2.54. The number of nitrogens with zero attached hydrogens (tertiary/aromatic N) is 1. The minimum Gasteiger partial charge on any atom is -0.381 e. The van der Waals surface area contributed by atoms with E-state index in [0.29, 0.717) is 21.0 Å². The lowest BCUT2D eigenvalue weighted by molar-refractivity contribution is 0.0213. The molecule has 2 aliphatic rings. The van der Waals surface area contributed by atoms with Gasteiger partial charge in [-0.15, -0.1) is 24.8 Å². The number of benzene rings is 1. The van der Waals surface area contributed by atoms with Crippen LogP contribution in [0.3, 0.4) is 0 Å². The summed E-state index contributed by atoms with van der Waals surface area (Å²) in [6.45, 7) is 5.68. The van der Waals surface area contributed by atoms with Gasteiger partial charge in [0.25, 0.3) is 0 Å². The fourth-order valence-electron chi connectivity index (χ4n) is 3.53. The van der Waals surface area contributed by atoms with E-state index in [1.807, 2.05) is 6.07 Å². The summed E-state index contributed by atoms with van der Waals surface area (Å²) < 4.78 is 5.53. The van der Waals surface area contributed by atoms with Gasteiger partial charge >= 0.3 is 0 Å². The van der Waals surface area contributed by atoms with Crippen LogP contribution in [0.4, 0.5) is 0 Å². The number of hydrogen-bond acceptors (Lipinski definition) is 3. The Bertz CT molecular complexity index is 501. The molecule has 0 amide bonds. The van der Waals surface area contributed by atoms with Crippen LogP contribution in [0.25, 0.3) is 0 Å². The van der Waals surface area contributed by atoms with Gasteiger partial charge in [0.05, 0.1) is 10.0 Å². The first-order valence-electron chi connectivity index (χ1n) is 7.84. The third-order valence-corrected chi connectivity index (χ3v) is 5.63. The van der Waals surface area contributed by atoms with Crippen LogP contribution in [0.2, 0.25) is 15.1 Å². The number of ether oxygens (including phenoxy) is 1. The third-order valence-electron chi connectivity index (χ3n) is 4.60. The van der Waals surface area contributed by atoms with Crippen LogP contribution in [-0.4, -0.2) is 44.3 Å². The van der Waals surface area contributed by atoms with E-state index >= 15 is 0 Å². The fraction of sp³-hybridized carbons (Fsp3) is 0.625. The second-order valence-electron chi connectivity index (χ2n) is 5.97. The van der Waals surface area contributed by atoms with Crippen LogP contribution in [0, 0.1) is 5.92 Å². The summed E-state index contributed by atoms with van der Waals surface area (Å²) in [6, 6.07) is 3.96. The Morgan fingerprint density at radius 2 is 1.67 bits per heavy atom. The molecule has 0 aliphatic carbocycles. The van der Waals surface area contributed by atoms with Gasteiger partial charge in [-0.3, -0.25) is 4.90 Å². The number of piperazine rings is 1. The smallest absolute Gasteiger partial charge is 0.0641 e. The summed E-state index contributed by atoms with van der Waals surface area (Å²) in [4.78, 5) is 2.51. The van der Waals surface area contributed by atoms with E-state index in [1.165, 1.54) is 0 Å². The van der Waals surface area contributed by atoms with Crippen LogP contribution >= 0.6 is 59.6 Å². The summed E-state index contributed by atoms with van der Waals surface area (Å²) in [7, 11) is 0. The molecule has 2 fully saturated rings. The van der Waals surface area contributed by atoms with E-state index in [0.717, 1.165) is 57.8 Å². The number of hydrogen-bond donors (Lipinski definition) is 1. The zero-order valence-electron chi connectivity index (χ0n) is 13.3. The van der Waals surface area contributed by atoms with Gasteiger partial charge in [0.2, 0.25) is 0 Å². The normalized spacial score (nSPS) is 20.8. The van der Waals surface area contributed by atoms with Gasteiger partial charge in [0.15, 0.2) is 0 Å². The third kappa shape index (κ3) is 5.28. The predicted octanol–water partition coefficient (Wildman–Crippen LogP) is 4.86. The molecule has 3 nitrogen and oxygen atoms in total. The Kier molecular flexibility index (Phi) is 10.0. The van der Waals surface area contributed by atoms with Crippen molar-refractivity contribution in [2.24, 2.45) is 5.92 Å². The highest BCUT2D eigenvalue weighted by Gasteiger charge is 2.33. The molecule has 24 heavy (non-hydrogen) atoms. The van der Waals surface area contributed by atoms with Gasteiger partial charge in [-0.1, -0.05) is 34.8 Å². The summed E-state index contributed by atoms with van der Waals surface area (Å²) >= 11 is 19.0. The standard InChI is InChI=1S/C16H21Cl3N2O.2ClH/c17-12-9-13(15(19)14(18)10-12)16(11-1-7-22-8-2-11)21-5-3-20-4-6-21;;/h9-11,16,20H,1-8H2;2*1H/t16-;;/m1../s1. The zero-order valence-corrected chi connectivity index (χ0v) is 17.2. The van der Waals surface area contributed by atoms with Gasteiger partial charge in [0.1, 0.15) is 0 Å². The van der Waals surface area contributed by atoms with E-state index in [4.69, 9.17) is 39.5 Å². The molecule has 1 aromatic carbocycles. The molecule has 1 N–H and O–H groups in total. The highest BCUT2D eigenvalue weighted by atomic mass is 35.5. The van der Waals surface area contributed by atoms with Crippen molar-refractivity contribution >= 4 is 59.6 Å². The summed E-state index contributed by atoms with van der Waals surface area (Å²) in [6.07, 6.45) is 2.10. The molecule has 2 saturated heterocycles. The summed E-state index contributed by atoms with van der Waals surface area (Å²) in [5.41, 5.74) is 1.06. The summed E-state index contributed by atoms with van der Waals surface area (Å²) in [5, 5.41) is 5.24. The molecular formula is C16H23Cl5N2O. The molecule has 2 aliphatic heterocycles. The molecule has 1 aromatic rings. The summed E-state index contributed by atoms with van der Waals surface area (Å²) in [5.74, 6) is 0.527. The van der Waals surface area contributed by atoms with Crippen molar-refractivity contribution in [3.8, 4) is 0 Å². The quantitative estimate of drug-likeness (QED) is 0.685. The molecule has 138 valence electrons. The molecule has 0 unspecified atom stereocenters. The molecule has 0 radical (unpaired) electrons. The van der Waals surface area contributed by atoms with Gasteiger partial charge in [0, 0.05) is 50.5 Å². The van der Waals surface area contributed by atoms with E-state index in [1.54, 1.807) is 6.07 Å². The Balaban J connectivity index is 0.00000144. The minimum atomic E-state index is 0. The predicted molar refractivity (Wildman–Crippen MR) is 107 cm³/mol. The van der Waals surface area contributed by atoms with Crippen molar-refractivity contribution in [1.29, 1.82) is 0 Å². The number of rotatable bonds is 3. The van der Waals surface area contributed by atoms with Gasteiger partial charge in [-0.2, -0.15) is 0 Å². The lowest BCUT2D eigenvalue weighted by Gasteiger charge is -2.41. The SMILES string of the molecule is Cl.Cl.Clc1cc(Cl)c(Cl)c([C@@H](C2CCOCC2)N2CCNCC2)c1. The second kappa shape index (κ2) is 10.6. The maximum Gasteiger partial charge on any atom is 0.0641 e. The molecule has 0 spiro atoms. The lowest BCUT2D eigenvalue weighted by atomic mass is 9.85. The highest BCUT2D eigenvalue weighted by Crippen LogP contribution is 2.42. The molecule has 0 aromatic heterocycles. The first-order valence-corrected chi connectivity index (χ1v) is 8.97. The van der Waals surface area contributed by atoms with E-state index in [9.17, 15) is 0 Å². The first kappa shape index (κ1) is 22.6. The van der Waals surface area contributed by atoms with Gasteiger partial charge in [-0.05, 0) is 36.5 Å². The minimum absolute atomic E-state index is 0. The second-order valence-corrected chi connectivity index (χ2v) is 7.19. The highest BCUT2D eigenvalue weighted by molar-refractivity contribution is 6.43. The topological polar surface area (TPSA) is 24.5 Å². The van der Waals surface area contributed by atoms with Crippen molar-refractivity contribution in [2.45, 2.75) is 18.9 Å². The maximum absolute atomic E-state index is 6.53. The van der Waals surface area contributed by atoms with Crippen molar-refractivity contribution in [2.75, 3.05) is 39.4 Å². The fourth-order valence-corrected chi connectivity index (χ4v) is 4.26. The molecule has 1 atom stereocenters. The Hall–Kier alpha value is 0.550. The van der Waals surface area contributed by atoms with Crippen LogP contribution in [0.15, 0.2) is 12.1 Å². The van der Waals surface area contributed by atoms with Crippen molar-refractivity contribution in [3.63, 3.8) is 0 Å². The van der Waals surface area contributed by atoms with Crippen molar-refractivity contribution in [3.05, 3.63) is 32.8 Å². The van der Waals surface area contributed by atoms with Crippen molar-refractivity contribution < 1.29 is 4.74 Å². The molecule has 8 heteroatoms. The molecular weight excluding hydrogens is 413 g/mol. The average molecular weight is 437 g/mol. The number of halogens is 5. The van der Waals surface area contributed by atoms with Crippen LogP contribution in [-0.2, 0) is 4.74 Å². The Morgan fingerprint density at radius 3 is 2.29 bits per heavy atom. The largest absolute Gasteiger partial charge is 0.381 e. The van der Waals surface area contributed by atoms with Crippen molar-refractivity contribution in [1.82, 2.24) is 10.2 Å². The van der Waals surface area contributed by atoms with Crippen LogP contribution in [0.1, 0.15) is 24.4 Å². The van der Waals surface area contributed by atoms with E-state index in [2.05, 4.69) is 10.2 Å². The molecule has 3 rings (SSSR count). The molecule has 0 saturated carbocycles. The maximum atomic E-state index is 6.53. The molecule has 2 heterocycles. The van der Waals surface area contributed by atoms with Crippen LogP contribution in [0.5, 0.6) is 0 Å².